The molecule has 0 unspecified atom stereocenters. The van der Waals surface area contributed by atoms with E-state index >= 15 is 0 Å². The molecule has 2 N–H and O–H groups in total. The fourth-order valence-electron chi connectivity index (χ4n) is 1.07. The van der Waals surface area contributed by atoms with E-state index in [0.29, 0.717) is 0 Å². The first-order valence-electron chi connectivity index (χ1n) is 3.90. The van der Waals surface area contributed by atoms with Gasteiger partial charge in [0.05, 0.1) is 16.4 Å². The number of thiazole rings is 1. The Balaban J connectivity index is 2.46. The lowest BCUT2D eigenvalue weighted by molar-refractivity contribution is 1.24. The molecule has 3 nitrogen and oxygen atoms in total. The first-order valence-corrected chi connectivity index (χ1v) is 4.78. The molecule has 0 atom stereocenters. The standard InChI is InChI=1S/C9H9N3S/c1-6-12-9(5-13-6)8-4-7(10)2-3-11-8/h2-5H,1H3,(H2,10,11). The number of aryl methyl sites for hydroxylation is 1. The van der Waals surface area contributed by atoms with E-state index in [4.69, 9.17) is 5.73 Å². The Labute approximate surface area is 80.3 Å². The fraction of sp³-hybridized carbons (Fsp3) is 0.111. The van der Waals surface area contributed by atoms with Gasteiger partial charge in [-0.15, -0.1) is 11.3 Å². The van der Waals surface area contributed by atoms with Crippen molar-refractivity contribution in [2.75, 3.05) is 5.73 Å². The lowest BCUT2D eigenvalue weighted by Crippen LogP contribution is -1.88. The van der Waals surface area contributed by atoms with Gasteiger partial charge in [-0.25, -0.2) is 4.98 Å². The van der Waals surface area contributed by atoms with Crippen LogP contribution in [0.15, 0.2) is 23.7 Å². The molecule has 0 radical (unpaired) electrons. The van der Waals surface area contributed by atoms with Gasteiger partial charge in [-0.1, -0.05) is 0 Å². The summed E-state index contributed by atoms with van der Waals surface area (Å²) in [5.41, 5.74) is 8.09. The van der Waals surface area contributed by atoms with E-state index in [1.54, 1.807) is 23.6 Å². The summed E-state index contributed by atoms with van der Waals surface area (Å²) in [6.07, 6.45) is 1.69. The second-order valence-corrected chi connectivity index (χ2v) is 3.79. The molecule has 0 aliphatic carbocycles. The zero-order valence-electron chi connectivity index (χ0n) is 7.19. The van der Waals surface area contributed by atoms with Crippen LogP contribution in [0.3, 0.4) is 0 Å². The predicted molar refractivity (Wildman–Crippen MR) is 54.5 cm³/mol. The Kier molecular flexibility index (Phi) is 1.98. The molecule has 2 heterocycles. The van der Waals surface area contributed by atoms with Crippen molar-refractivity contribution in [1.29, 1.82) is 0 Å². The number of nitrogen functional groups attached to an aromatic ring is 1. The molecule has 2 aromatic rings. The van der Waals surface area contributed by atoms with Crippen LogP contribution < -0.4 is 5.73 Å². The van der Waals surface area contributed by atoms with Gasteiger partial charge in [0.15, 0.2) is 0 Å². The van der Waals surface area contributed by atoms with Crippen LogP contribution in [0.25, 0.3) is 11.4 Å². The highest BCUT2D eigenvalue weighted by atomic mass is 32.1. The van der Waals surface area contributed by atoms with Crippen LogP contribution >= 0.6 is 11.3 Å². The summed E-state index contributed by atoms with van der Waals surface area (Å²) in [7, 11) is 0. The largest absolute Gasteiger partial charge is 0.399 e. The highest BCUT2D eigenvalue weighted by Gasteiger charge is 2.02. The molecular formula is C9H9N3S. The highest BCUT2D eigenvalue weighted by Crippen LogP contribution is 2.20. The fourth-order valence-corrected chi connectivity index (χ4v) is 1.67. The van der Waals surface area contributed by atoms with Crippen molar-refractivity contribution >= 4 is 17.0 Å². The molecule has 0 saturated carbocycles. The lowest BCUT2D eigenvalue weighted by Gasteiger charge is -1.96. The molecule has 66 valence electrons. The van der Waals surface area contributed by atoms with E-state index in [-0.39, 0.29) is 0 Å². The molecule has 13 heavy (non-hydrogen) atoms. The maximum absolute atomic E-state index is 5.64. The molecule has 0 bridgehead atoms. The van der Waals surface area contributed by atoms with Gasteiger partial charge in [0, 0.05) is 17.3 Å². The van der Waals surface area contributed by atoms with Crippen LogP contribution in [0.5, 0.6) is 0 Å². The Hall–Kier alpha value is -1.42. The third-order valence-electron chi connectivity index (χ3n) is 1.67. The van der Waals surface area contributed by atoms with Gasteiger partial charge in [-0.3, -0.25) is 4.98 Å². The maximum Gasteiger partial charge on any atom is 0.0999 e. The van der Waals surface area contributed by atoms with Gasteiger partial charge < -0.3 is 5.73 Å². The van der Waals surface area contributed by atoms with E-state index in [0.717, 1.165) is 22.1 Å². The first-order chi connectivity index (χ1) is 6.25. The molecule has 0 amide bonds. The number of pyridine rings is 1. The van der Waals surface area contributed by atoms with Gasteiger partial charge in [-0.2, -0.15) is 0 Å². The van der Waals surface area contributed by atoms with Gasteiger partial charge in [0.2, 0.25) is 0 Å². The van der Waals surface area contributed by atoms with Crippen molar-refractivity contribution < 1.29 is 0 Å². The molecule has 0 fully saturated rings. The maximum atomic E-state index is 5.64. The predicted octanol–water partition coefficient (Wildman–Crippen LogP) is 2.10. The zero-order chi connectivity index (χ0) is 9.26. The van der Waals surface area contributed by atoms with Crippen LogP contribution in [0.4, 0.5) is 5.69 Å². The third-order valence-corrected chi connectivity index (χ3v) is 2.44. The number of aromatic nitrogens is 2. The van der Waals surface area contributed by atoms with Crippen LogP contribution in [-0.4, -0.2) is 9.97 Å². The minimum absolute atomic E-state index is 0.718. The topological polar surface area (TPSA) is 51.8 Å². The minimum Gasteiger partial charge on any atom is -0.399 e. The van der Waals surface area contributed by atoms with E-state index in [2.05, 4.69) is 9.97 Å². The van der Waals surface area contributed by atoms with E-state index in [1.165, 1.54) is 0 Å². The Morgan fingerprint density at radius 1 is 1.38 bits per heavy atom. The Bertz CT molecular complexity index is 422. The summed E-state index contributed by atoms with van der Waals surface area (Å²) in [6.45, 7) is 1.97. The average Bonchev–Trinajstić information content (AvgIpc) is 2.52. The molecule has 0 saturated heterocycles. The molecule has 4 heteroatoms. The van der Waals surface area contributed by atoms with Gasteiger partial charge >= 0.3 is 0 Å². The van der Waals surface area contributed by atoms with Crippen LogP contribution in [0.2, 0.25) is 0 Å². The van der Waals surface area contributed by atoms with Crippen molar-refractivity contribution in [1.82, 2.24) is 9.97 Å². The number of nitrogens with zero attached hydrogens (tertiary/aromatic N) is 2. The lowest BCUT2D eigenvalue weighted by atomic mass is 10.3. The van der Waals surface area contributed by atoms with Crippen LogP contribution in [-0.2, 0) is 0 Å². The van der Waals surface area contributed by atoms with E-state index < -0.39 is 0 Å². The summed E-state index contributed by atoms with van der Waals surface area (Å²) in [4.78, 5) is 8.51. The normalized spacial score (nSPS) is 10.2. The monoisotopic (exact) mass is 191 g/mol. The Morgan fingerprint density at radius 3 is 2.85 bits per heavy atom. The summed E-state index contributed by atoms with van der Waals surface area (Å²) in [6, 6.07) is 3.59. The van der Waals surface area contributed by atoms with Gasteiger partial charge in [0.1, 0.15) is 0 Å². The molecule has 0 aliphatic heterocycles. The van der Waals surface area contributed by atoms with Gasteiger partial charge in [0.25, 0.3) is 0 Å². The molecule has 0 aliphatic rings. The first kappa shape index (κ1) is 8.19. The van der Waals surface area contributed by atoms with Gasteiger partial charge in [-0.05, 0) is 19.1 Å². The van der Waals surface area contributed by atoms with E-state index in [1.807, 2.05) is 18.4 Å². The molecule has 0 spiro atoms. The molecule has 2 aromatic heterocycles. The zero-order valence-corrected chi connectivity index (χ0v) is 8.01. The summed E-state index contributed by atoms with van der Waals surface area (Å²) in [5.74, 6) is 0. The molecular weight excluding hydrogens is 182 g/mol. The van der Waals surface area contributed by atoms with E-state index in [9.17, 15) is 0 Å². The van der Waals surface area contributed by atoms with Crippen LogP contribution in [0, 0.1) is 6.92 Å². The Morgan fingerprint density at radius 2 is 2.23 bits per heavy atom. The SMILES string of the molecule is Cc1nc(-c2cc(N)ccn2)cs1. The molecule has 2 rings (SSSR count). The smallest absolute Gasteiger partial charge is 0.0999 e. The number of anilines is 1. The number of rotatable bonds is 1. The summed E-state index contributed by atoms with van der Waals surface area (Å²) < 4.78 is 0. The van der Waals surface area contributed by atoms with Crippen molar-refractivity contribution in [3.05, 3.63) is 28.7 Å². The number of hydrogen-bond acceptors (Lipinski definition) is 4. The quantitative estimate of drug-likeness (QED) is 0.751. The number of nitrogens with two attached hydrogens (primary N) is 1. The second-order valence-electron chi connectivity index (χ2n) is 2.73. The van der Waals surface area contributed by atoms with Crippen LogP contribution in [0.1, 0.15) is 5.01 Å². The van der Waals surface area contributed by atoms with Crippen molar-refractivity contribution in [3.63, 3.8) is 0 Å². The third kappa shape index (κ3) is 1.67. The highest BCUT2D eigenvalue weighted by molar-refractivity contribution is 7.09. The van der Waals surface area contributed by atoms with Crippen molar-refractivity contribution in [3.8, 4) is 11.4 Å². The second kappa shape index (κ2) is 3.14. The molecule has 0 aromatic carbocycles. The summed E-state index contributed by atoms with van der Waals surface area (Å²) >= 11 is 1.61. The van der Waals surface area contributed by atoms with Crippen molar-refractivity contribution in [2.45, 2.75) is 6.92 Å². The average molecular weight is 191 g/mol. The summed E-state index contributed by atoms with van der Waals surface area (Å²) in [5, 5.41) is 3.02. The number of hydrogen-bond donors (Lipinski definition) is 1. The van der Waals surface area contributed by atoms with Crippen molar-refractivity contribution in [2.24, 2.45) is 0 Å². The minimum atomic E-state index is 0.718.